The first-order valence-corrected chi connectivity index (χ1v) is 8.20. The van der Waals surface area contributed by atoms with Gasteiger partial charge in [0, 0.05) is 30.4 Å². The maximum absolute atomic E-state index is 4.62. The fraction of sp³-hybridized carbons (Fsp3) is 0.824. The fourth-order valence-electron chi connectivity index (χ4n) is 2.26. The van der Waals surface area contributed by atoms with Crippen LogP contribution >= 0.6 is 0 Å². The van der Waals surface area contributed by atoms with Crippen molar-refractivity contribution < 1.29 is 0 Å². The summed E-state index contributed by atoms with van der Waals surface area (Å²) in [6, 6.07) is 0. The highest BCUT2D eigenvalue weighted by Crippen LogP contribution is 2.10. The molecular formula is C17H33N3. The molecule has 1 heterocycles. The summed E-state index contributed by atoms with van der Waals surface area (Å²) in [4.78, 5) is 0. The highest BCUT2D eigenvalue weighted by atomic mass is 15.3. The summed E-state index contributed by atoms with van der Waals surface area (Å²) in [7, 11) is 0. The summed E-state index contributed by atoms with van der Waals surface area (Å²) < 4.78 is 2.12. The van der Waals surface area contributed by atoms with Crippen molar-refractivity contribution >= 4 is 0 Å². The van der Waals surface area contributed by atoms with Crippen LogP contribution < -0.4 is 5.32 Å². The molecule has 0 fully saturated rings. The van der Waals surface area contributed by atoms with Crippen molar-refractivity contribution in [2.45, 2.75) is 91.8 Å². The Morgan fingerprint density at radius 3 is 2.40 bits per heavy atom. The van der Waals surface area contributed by atoms with Crippen molar-refractivity contribution in [3.63, 3.8) is 0 Å². The van der Waals surface area contributed by atoms with E-state index in [0.29, 0.717) is 0 Å². The van der Waals surface area contributed by atoms with Gasteiger partial charge in [0.05, 0.1) is 5.69 Å². The maximum Gasteiger partial charge on any atom is 0.0638 e. The number of hydrogen-bond acceptors (Lipinski definition) is 2. The first-order valence-electron chi connectivity index (χ1n) is 8.20. The van der Waals surface area contributed by atoms with Crippen molar-refractivity contribution in [1.82, 2.24) is 15.1 Å². The summed E-state index contributed by atoms with van der Waals surface area (Å²) in [5.74, 6) is 0. The van der Waals surface area contributed by atoms with E-state index < -0.39 is 0 Å². The lowest BCUT2D eigenvalue weighted by Gasteiger charge is -2.20. The highest BCUT2D eigenvalue weighted by Gasteiger charge is 2.11. The molecule has 1 N–H and O–H groups in total. The van der Waals surface area contributed by atoms with Crippen LogP contribution in [-0.4, -0.2) is 15.3 Å². The first kappa shape index (κ1) is 17.2. The number of rotatable bonds is 9. The zero-order valence-corrected chi connectivity index (χ0v) is 14.1. The van der Waals surface area contributed by atoms with E-state index in [2.05, 4.69) is 55.9 Å². The normalized spacial score (nSPS) is 12.1. The third kappa shape index (κ3) is 7.09. The minimum absolute atomic E-state index is 0.161. The van der Waals surface area contributed by atoms with Gasteiger partial charge in [-0.1, -0.05) is 39.0 Å². The number of nitrogens with one attached hydrogen (secondary N) is 1. The lowest BCUT2D eigenvalue weighted by atomic mass is 10.1. The molecule has 3 heteroatoms. The van der Waals surface area contributed by atoms with E-state index in [-0.39, 0.29) is 5.54 Å². The van der Waals surface area contributed by atoms with Crippen molar-refractivity contribution in [1.29, 1.82) is 0 Å². The molecule has 0 bridgehead atoms. The first-order chi connectivity index (χ1) is 9.42. The Balaban J connectivity index is 2.30. The average Bonchev–Trinajstić information content (AvgIpc) is 2.71. The standard InChI is InChI=1S/C17H33N3/c1-6-7-8-9-10-11-12-20-14-16(15(2)19-20)13-18-17(3,4)5/h14,18H,6-13H2,1-5H3. The van der Waals surface area contributed by atoms with Gasteiger partial charge in [0.2, 0.25) is 0 Å². The van der Waals surface area contributed by atoms with Crippen molar-refractivity contribution in [3.05, 3.63) is 17.5 Å². The van der Waals surface area contributed by atoms with Crippen LogP contribution in [0, 0.1) is 6.92 Å². The molecule has 0 aliphatic heterocycles. The van der Waals surface area contributed by atoms with Crippen LogP contribution in [0.15, 0.2) is 6.20 Å². The van der Waals surface area contributed by atoms with Crippen LogP contribution in [0.5, 0.6) is 0 Å². The molecule has 0 aromatic carbocycles. The molecule has 20 heavy (non-hydrogen) atoms. The van der Waals surface area contributed by atoms with Crippen molar-refractivity contribution in [2.75, 3.05) is 0 Å². The molecule has 0 amide bonds. The van der Waals surface area contributed by atoms with E-state index in [1.54, 1.807) is 0 Å². The summed E-state index contributed by atoms with van der Waals surface area (Å²) in [5.41, 5.74) is 2.65. The number of unbranched alkanes of at least 4 members (excludes halogenated alkanes) is 5. The fourth-order valence-corrected chi connectivity index (χ4v) is 2.26. The Kier molecular flexibility index (Phi) is 7.28. The summed E-state index contributed by atoms with van der Waals surface area (Å²) in [6.45, 7) is 12.9. The second-order valence-corrected chi connectivity index (χ2v) is 6.87. The van der Waals surface area contributed by atoms with Crippen molar-refractivity contribution in [3.8, 4) is 0 Å². The smallest absolute Gasteiger partial charge is 0.0638 e. The van der Waals surface area contributed by atoms with E-state index in [0.717, 1.165) is 18.8 Å². The Morgan fingerprint density at radius 2 is 1.75 bits per heavy atom. The second kappa shape index (κ2) is 8.46. The molecule has 1 aromatic rings. The predicted molar refractivity (Wildman–Crippen MR) is 86.9 cm³/mol. The third-order valence-corrected chi connectivity index (χ3v) is 3.60. The molecule has 0 unspecified atom stereocenters. The Bertz CT molecular complexity index is 374. The number of nitrogens with zero attached hydrogens (tertiary/aromatic N) is 2. The van der Waals surface area contributed by atoms with Crippen molar-refractivity contribution in [2.24, 2.45) is 0 Å². The Hall–Kier alpha value is -0.830. The molecule has 1 rings (SSSR count). The summed E-state index contributed by atoms with van der Waals surface area (Å²) in [6.07, 6.45) is 10.2. The zero-order chi connectivity index (χ0) is 15.0. The van der Waals surface area contributed by atoms with Crippen LogP contribution in [-0.2, 0) is 13.1 Å². The van der Waals surface area contributed by atoms with Gasteiger partial charge in [-0.05, 0) is 34.1 Å². The van der Waals surface area contributed by atoms with Crippen LogP contribution in [0.25, 0.3) is 0 Å². The van der Waals surface area contributed by atoms with Crippen LogP contribution in [0.2, 0.25) is 0 Å². The topological polar surface area (TPSA) is 29.9 Å². The number of aryl methyl sites for hydroxylation is 2. The molecule has 0 spiro atoms. The van der Waals surface area contributed by atoms with E-state index >= 15 is 0 Å². The van der Waals surface area contributed by atoms with Gasteiger partial charge in [0.25, 0.3) is 0 Å². The van der Waals surface area contributed by atoms with Gasteiger partial charge in [0.1, 0.15) is 0 Å². The molecule has 1 aromatic heterocycles. The minimum Gasteiger partial charge on any atom is -0.308 e. The molecule has 0 atom stereocenters. The predicted octanol–water partition coefficient (Wildman–Crippen LogP) is 4.44. The minimum atomic E-state index is 0.161. The zero-order valence-electron chi connectivity index (χ0n) is 14.1. The van der Waals surface area contributed by atoms with E-state index in [9.17, 15) is 0 Å². The molecule has 0 saturated heterocycles. The van der Waals surface area contributed by atoms with E-state index in [1.807, 2.05) is 0 Å². The summed E-state index contributed by atoms with van der Waals surface area (Å²) >= 11 is 0. The SMILES string of the molecule is CCCCCCCCn1cc(CNC(C)(C)C)c(C)n1. The lowest BCUT2D eigenvalue weighted by Crippen LogP contribution is -2.35. The van der Waals surface area contributed by atoms with Gasteiger partial charge in [-0.25, -0.2) is 0 Å². The highest BCUT2D eigenvalue weighted by molar-refractivity contribution is 5.15. The lowest BCUT2D eigenvalue weighted by molar-refractivity contribution is 0.423. The van der Waals surface area contributed by atoms with Crippen LogP contribution in [0.4, 0.5) is 0 Å². The largest absolute Gasteiger partial charge is 0.308 e. The van der Waals surface area contributed by atoms with Gasteiger partial charge in [0.15, 0.2) is 0 Å². The molecular weight excluding hydrogens is 246 g/mol. The average molecular weight is 279 g/mol. The van der Waals surface area contributed by atoms with Gasteiger partial charge < -0.3 is 5.32 Å². The van der Waals surface area contributed by atoms with Gasteiger partial charge in [-0.2, -0.15) is 5.10 Å². The van der Waals surface area contributed by atoms with Crippen LogP contribution in [0.3, 0.4) is 0 Å². The number of hydrogen-bond donors (Lipinski definition) is 1. The number of aromatic nitrogens is 2. The second-order valence-electron chi connectivity index (χ2n) is 6.87. The van der Waals surface area contributed by atoms with Gasteiger partial charge in [-0.3, -0.25) is 4.68 Å². The monoisotopic (exact) mass is 279 g/mol. The Labute approximate surface area is 125 Å². The summed E-state index contributed by atoms with van der Waals surface area (Å²) in [5, 5.41) is 8.15. The molecule has 0 saturated carbocycles. The van der Waals surface area contributed by atoms with Gasteiger partial charge >= 0.3 is 0 Å². The molecule has 0 aliphatic carbocycles. The third-order valence-electron chi connectivity index (χ3n) is 3.60. The van der Waals surface area contributed by atoms with Gasteiger partial charge in [-0.15, -0.1) is 0 Å². The van der Waals surface area contributed by atoms with E-state index in [4.69, 9.17) is 0 Å². The van der Waals surface area contributed by atoms with E-state index in [1.165, 1.54) is 44.1 Å². The van der Waals surface area contributed by atoms with Crippen LogP contribution in [0.1, 0.15) is 77.5 Å². The maximum atomic E-state index is 4.62. The Morgan fingerprint density at radius 1 is 1.10 bits per heavy atom. The quantitative estimate of drug-likeness (QED) is 0.677. The molecule has 0 aliphatic rings. The molecule has 116 valence electrons. The molecule has 0 radical (unpaired) electrons. The molecule has 3 nitrogen and oxygen atoms in total.